The second kappa shape index (κ2) is 4.90. The van der Waals surface area contributed by atoms with E-state index in [4.69, 9.17) is 0 Å². The highest BCUT2D eigenvalue weighted by atomic mass is 15.1. The molecule has 0 aliphatic carbocycles. The summed E-state index contributed by atoms with van der Waals surface area (Å²) < 4.78 is 0. The van der Waals surface area contributed by atoms with E-state index in [1.54, 1.807) is 6.08 Å². The summed E-state index contributed by atoms with van der Waals surface area (Å²) in [4.78, 5) is 2.09. The molecule has 0 aliphatic heterocycles. The van der Waals surface area contributed by atoms with E-state index in [0.717, 1.165) is 0 Å². The summed E-state index contributed by atoms with van der Waals surface area (Å²) in [6, 6.07) is 8.50. The normalized spacial score (nSPS) is 10.2. The highest BCUT2D eigenvalue weighted by Gasteiger charge is 2.16. The van der Waals surface area contributed by atoms with Gasteiger partial charge in [-0.25, -0.2) is 0 Å². The third-order valence-corrected chi connectivity index (χ3v) is 2.59. The molecule has 0 aliphatic rings. The number of rotatable bonds is 2. The smallest absolute Gasteiger partial charge is 0.0510 e. The van der Waals surface area contributed by atoms with E-state index in [1.807, 2.05) is 14.1 Å². The summed E-state index contributed by atoms with van der Waals surface area (Å²) in [6.45, 7) is 7.85. The number of nitrogens with zero attached hydrogens (tertiary/aromatic N) is 1. The SMILES string of the molecule is C=CC#CC(C)(C)c1ccc(N(C)C)cc1. The minimum absolute atomic E-state index is 0.126. The van der Waals surface area contributed by atoms with Crippen LogP contribution in [0.15, 0.2) is 36.9 Å². The van der Waals surface area contributed by atoms with Crippen LogP contribution in [0.4, 0.5) is 5.69 Å². The van der Waals surface area contributed by atoms with Crippen LogP contribution in [0.1, 0.15) is 19.4 Å². The predicted octanol–water partition coefficient (Wildman–Crippen LogP) is 3.22. The van der Waals surface area contributed by atoms with Crippen molar-refractivity contribution >= 4 is 5.69 Å². The van der Waals surface area contributed by atoms with Crippen LogP contribution in [0.25, 0.3) is 0 Å². The Labute approximate surface area is 98.8 Å². The van der Waals surface area contributed by atoms with Gasteiger partial charge in [-0.15, -0.1) is 0 Å². The van der Waals surface area contributed by atoms with Crippen molar-refractivity contribution in [2.75, 3.05) is 19.0 Å². The van der Waals surface area contributed by atoms with Crippen LogP contribution in [0, 0.1) is 11.8 Å². The molecular formula is C15H19N. The maximum Gasteiger partial charge on any atom is 0.0510 e. The van der Waals surface area contributed by atoms with Crippen molar-refractivity contribution in [1.29, 1.82) is 0 Å². The second-order valence-corrected chi connectivity index (χ2v) is 4.54. The minimum atomic E-state index is -0.126. The van der Waals surface area contributed by atoms with Crippen LogP contribution in [-0.4, -0.2) is 14.1 Å². The molecule has 0 heterocycles. The Kier molecular flexibility index (Phi) is 3.79. The maximum absolute atomic E-state index is 3.61. The number of hydrogen-bond acceptors (Lipinski definition) is 1. The Hall–Kier alpha value is -1.68. The Morgan fingerprint density at radius 2 is 1.75 bits per heavy atom. The molecule has 0 unspecified atom stereocenters. The van der Waals surface area contributed by atoms with Gasteiger partial charge in [0, 0.05) is 19.8 Å². The number of anilines is 1. The third kappa shape index (κ3) is 2.90. The first-order chi connectivity index (χ1) is 7.47. The van der Waals surface area contributed by atoms with E-state index in [0.29, 0.717) is 0 Å². The average Bonchev–Trinajstić information content (AvgIpc) is 2.26. The molecule has 0 bridgehead atoms. The third-order valence-electron chi connectivity index (χ3n) is 2.59. The number of allylic oxidation sites excluding steroid dienone is 1. The highest BCUT2D eigenvalue weighted by molar-refractivity contribution is 5.48. The van der Waals surface area contributed by atoms with Crippen LogP contribution in [0.3, 0.4) is 0 Å². The van der Waals surface area contributed by atoms with Crippen molar-refractivity contribution in [3.8, 4) is 11.8 Å². The van der Waals surface area contributed by atoms with Crippen LogP contribution in [0.5, 0.6) is 0 Å². The summed E-state index contributed by atoms with van der Waals surface area (Å²) in [5, 5.41) is 0. The van der Waals surface area contributed by atoms with Crippen molar-refractivity contribution < 1.29 is 0 Å². The summed E-state index contributed by atoms with van der Waals surface area (Å²) in [5.74, 6) is 6.12. The molecule has 84 valence electrons. The van der Waals surface area contributed by atoms with Gasteiger partial charge in [-0.3, -0.25) is 0 Å². The monoisotopic (exact) mass is 213 g/mol. The Morgan fingerprint density at radius 1 is 1.19 bits per heavy atom. The lowest BCUT2D eigenvalue weighted by Gasteiger charge is -2.20. The van der Waals surface area contributed by atoms with Gasteiger partial charge < -0.3 is 4.90 Å². The lowest BCUT2D eigenvalue weighted by molar-refractivity contribution is 0.698. The molecule has 1 nitrogen and oxygen atoms in total. The summed E-state index contributed by atoms with van der Waals surface area (Å²) in [5.41, 5.74) is 2.31. The van der Waals surface area contributed by atoms with Gasteiger partial charge in [0.25, 0.3) is 0 Å². The zero-order chi connectivity index (χ0) is 12.2. The summed E-state index contributed by atoms with van der Waals surface area (Å²) in [6.07, 6.45) is 1.63. The molecule has 1 aromatic rings. The Bertz CT molecular complexity index is 413. The largest absolute Gasteiger partial charge is 0.378 e. The fourth-order valence-electron chi connectivity index (χ4n) is 1.48. The van der Waals surface area contributed by atoms with Gasteiger partial charge in [0.1, 0.15) is 0 Å². The fourth-order valence-corrected chi connectivity index (χ4v) is 1.48. The van der Waals surface area contributed by atoms with Gasteiger partial charge in [0.15, 0.2) is 0 Å². The topological polar surface area (TPSA) is 3.24 Å². The molecule has 0 N–H and O–H groups in total. The number of benzene rings is 1. The van der Waals surface area contributed by atoms with E-state index in [9.17, 15) is 0 Å². The van der Waals surface area contributed by atoms with Gasteiger partial charge in [-0.1, -0.05) is 30.6 Å². The van der Waals surface area contributed by atoms with E-state index in [1.165, 1.54) is 11.3 Å². The van der Waals surface area contributed by atoms with Crippen LogP contribution in [-0.2, 0) is 5.41 Å². The Balaban J connectivity index is 3.01. The van der Waals surface area contributed by atoms with Crippen molar-refractivity contribution in [3.05, 3.63) is 42.5 Å². The number of hydrogen-bond donors (Lipinski definition) is 0. The lowest BCUT2D eigenvalue weighted by atomic mass is 9.85. The first kappa shape index (κ1) is 12.4. The molecule has 0 atom stereocenters. The zero-order valence-electron chi connectivity index (χ0n) is 10.5. The van der Waals surface area contributed by atoms with Gasteiger partial charge in [-0.05, 0) is 37.6 Å². The molecule has 0 radical (unpaired) electrons. The molecular weight excluding hydrogens is 194 g/mol. The molecule has 16 heavy (non-hydrogen) atoms. The van der Waals surface area contributed by atoms with E-state index < -0.39 is 0 Å². The molecule has 0 fully saturated rings. The first-order valence-corrected chi connectivity index (χ1v) is 5.39. The Morgan fingerprint density at radius 3 is 2.19 bits per heavy atom. The predicted molar refractivity (Wildman–Crippen MR) is 71.8 cm³/mol. The molecule has 1 heteroatoms. The van der Waals surface area contributed by atoms with Crippen LogP contribution >= 0.6 is 0 Å². The average molecular weight is 213 g/mol. The fraction of sp³-hybridized carbons (Fsp3) is 0.333. The van der Waals surface area contributed by atoms with Crippen LogP contribution in [0.2, 0.25) is 0 Å². The second-order valence-electron chi connectivity index (χ2n) is 4.54. The van der Waals surface area contributed by atoms with Gasteiger partial charge in [0.05, 0.1) is 5.41 Å². The van der Waals surface area contributed by atoms with E-state index >= 15 is 0 Å². The molecule has 1 aromatic carbocycles. The van der Waals surface area contributed by atoms with Crippen molar-refractivity contribution in [2.45, 2.75) is 19.3 Å². The zero-order valence-corrected chi connectivity index (χ0v) is 10.5. The molecule has 0 spiro atoms. The lowest BCUT2D eigenvalue weighted by Crippen LogP contribution is -2.15. The van der Waals surface area contributed by atoms with Crippen molar-refractivity contribution in [2.24, 2.45) is 0 Å². The van der Waals surface area contributed by atoms with Gasteiger partial charge >= 0.3 is 0 Å². The van der Waals surface area contributed by atoms with Crippen molar-refractivity contribution in [1.82, 2.24) is 0 Å². The minimum Gasteiger partial charge on any atom is -0.378 e. The highest BCUT2D eigenvalue weighted by Crippen LogP contribution is 2.24. The molecule has 0 saturated heterocycles. The standard InChI is InChI=1S/C15H19N/c1-6-7-12-15(2,3)13-8-10-14(11-9-13)16(4)5/h6,8-11H,1H2,2-5H3. The first-order valence-electron chi connectivity index (χ1n) is 5.39. The van der Waals surface area contributed by atoms with E-state index in [-0.39, 0.29) is 5.41 Å². The quantitative estimate of drug-likeness (QED) is 0.682. The van der Waals surface area contributed by atoms with E-state index in [2.05, 4.69) is 61.4 Å². The summed E-state index contributed by atoms with van der Waals surface area (Å²) >= 11 is 0. The van der Waals surface area contributed by atoms with Gasteiger partial charge in [-0.2, -0.15) is 0 Å². The maximum atomic E-state index is 3.61. The molecule has 0 aromatic heterocycles. The molecule has 0 amide bonds. The summed E-state index contributed by atoms with van der Waals surface area (Å²) in [7, 11) is 4.08. The van der Waals surface area contributed by atoms with Crippen molar-refractivity contribution in [3.63, 3.8) is 0 Å². The van der Waals surface area contributed by atoms with Crippen LogP contribution < -0.4 is 4.90 Å². The molecule has 1 rings (SSSR count). The van der Waals surface area contributed by atoms with Gasteiger partial charge in [0.2, 0.25) is 0 Å². The molecule has 0 saturated carbocycles.